The minimum atomic E-state index is -1.26. The van der Waals surface area contributed by atoms with Gasteiger partial charge in [-0.1, -0.05) is 37.3 Å². The fourth-order valence-electron chi connectivity index (χ4n) is 3.46. The smallest absolute Gasteiger partial charge is 0.250 e. The average Bonchev–Trinajstić information content (AvgIpc) is 3.07. The van der Waals surface area contributed by atoms with Gasteiger partial charge in [-0.15, -0.1) is 0 Å². The fraction of sp³-hybridized carbons (Fsp3) is 0.348. The van der Waals surface area contributed by atoms with E-state index in [0.29, 0.717) is 34.3 Å². The first-order valence-electron chi connectivity index (χ1n) is 10.4. The van der Waals surface area contributed by atoms with Crippen molar-refractivity contribution in [1.29, 1.82) is 0 Å². The number of hydrogen-bond acceptors (Lipinski definition) is 5. The second-order valence-corrected chi connectivity index (χ2v) is 15.2. The van der Waals surface area contributed by atoms with Crippen LogP contribution in [0.4, 0.5) is 5.95 Å². The molecule has 7 nitrogen and oxygen atoms in total. The van der Waals surface area contributed by atoms with Gasteiger partial charge in [0.25, 0.3) is 5.91 Å². The summed E-state index contributed by atoms with van der Waals surface area (Å²) in [6, 6.07) is 8.34. The fourth-order valence-corrected chi connectivity index (χ4v) is 4.38. The minimum Gasteiger partial charge on any atom is -0.368 e. The van der Waals surface area contributed by atoms with Crippen molar-refractivity contribution < 1.29 is 9.53 Å². The molecule has 0 aliphatic heterocycles. The Morgan fingerprint density at radius 2 is 1.91 bits per heavy atom. The third-order valence-corrected chi connectivity index (χ3v) is 7.21. The topological polar surface area (TPSA) is 109 Å². The van der Waals surface area contributed by atoms with E-state index in [4.69, 9.17) is 27.8 Å². The van der Waals surface area contributed by atoms with E-state index < -0.39 is 14.0 Å². The first-order valence-corrected chi connectivity index (χ1v) is 14.5. The van der Waals surface area contributed by atoms with E-state index in [9.17, 15) is 4.79 Å². The van der Waals surface area contributed by atoms with Crippen molar-refractivity contribution in [2.45, 2.75) is 46.3 Å². The number of ether oxygens (including phenoxy) is 1. The van der Waals surface area contributed by atoms with E-state index in [2.05, 4.69) is 29.6 Å². The summed E-state index contributed by atoms with van der Waals surface area (Å²) in [6.45, 7) is 11.6. The normalized spacial score (nSPS) is 11.7. The van der Waals surface area contributed by atoms with Crippen molar-refractivity contribution in [3.63, 3.8) is 0 Å². The molecule has 0 atom stereocenters. The molecule has 0 spiro atoms. The lowest BCUT2D eigenvalue weighted by Gasteiger charge is -2.19. The molecule has 0 saturated heterocycles. The van der Waals surface area contributed by atoms with Gasteiger partial charge in [0.1, 0.15) is 6.73 Å². The summed E-state index contributed by atoms with van der Waals surface area (Å²) in [5.74, 6) is -0.389. The summed E-state index contributed by atoms with van der Waals surface area (Å²) in [5.41, 5.74) is 16.6. The van der Waals surface area contributed by atoms with Crippen LogP contribution in [-0.2, 0) is 11.5 Å². The summed E-state index contributed by atoms with van der Waals surface area (Å²) in [7, 11) is -1.26. The highest BCUT2D eigenvalue weighted by atomic mass is 35.5. The molecular weight excluding hydrogens is 442 g/mol. The Morgan fingerprint density at radius 3 is 2.56 bits per heavy atom. The third kappa shape index (κ3) is 5.38. The van der Waals surface area contributed by atoms with Crippen LogP contribution in [0, 0.1) is 13.8 Å². The number of nitrogen functional groups attached to an aromatic ring is 1. The summed E-state index contributed by atoms with van der Waals surface area (Å²) < 4.78 is 8.02. The molecule has 3 aromatic rings. The molecule has 0 aliphatic rings. The van der Waals surface area contributed by atoms with Gasteiger partial charge in [-0.25, -0.2) is 9.97 Å². The van der Waals surface area contributed by atoms with Gasteiger partial charge in [0, 0.05) is 31.5 Å². The van der Waals surface area contributed by atoms with Crippen LogP contribution in [-0.4, -0.2) is 35.1 Å². The molecule has 1 amide bonds. The molecule has 32 heavy (non-hydrogen) atoms. The molecule has 0 aliphatic carbocycles. The number of primary amides is 1. The molecule has 0 radical (unpaired) electrons. The van der Waals surface area contributed by atoms with E-state index in [1.807, 2.05) is 36.6 Å². The lowest BCUT2D eigenvalue weighted by atomic mass is 10.0. The molecule has 0 bridgehead atoms. The number of halogens is 1. The van der Waals surface area contributed by atoms with Crippen LogP contribution in [0.1, 0.15) is 21.5 Å². The van der Waals surface area contributed by atoms with E-state index in [1.165, 1.54) is 0 Å². The molecule has 170 valence electrons. The molecule has 1 aromatic carbocycles. The highest BCUT2D eigenvalue weighted by Gasteiger charge is 2.24. The SMILES string of the molecule is Cc1ccc(Cl)cc1-c1c(C(N)=O)cc(-c2nc(N)ncc2C)n1COCC[Si](C)(C)C. The number of nitrogens with two attached hydrogens (primary N) is 2. The van der Waals surface area contributed by atoms with Gasteiger partial charge in [0.05, 0.1) is 22.6 Å². The van der Waals surface area contributed by atoms with Crippen LogP contribution in [0.5, 0.6) is 0 Å². The molecule has 0 unspecified atom stereocenters. The average molecular weight is 472 g/mol. The van der Waals surface area contributed by atoms with E-state index in [-0.39, 0.29) is 12.7 Å². The predicted molar refractivity (Wildman–Crippen MR) is 132 cm³/mol. The Labute approximate surface area is 194 Å². The molecule has 2 aromatic heterocycles. The Kier molecular flexibility index (Phi) is 7.07. The number of benzene rings is 1. The summed E-state index contributed by atoms with van der Waals surface area (Å²) in [6.07, 6.45) is 1.66. The Hall–Kier alpha value is -2.68. The maximum Gasteiger partial charge on any atom is 0.250 e. The van der Waals surface area contributed by atoms with E-state index >= 15 is 0 Å². The molecule has 0 saturated carbocycles. The zero-order chi connectivity index (χ0) is 23.6. The van der Waals surface area contributed by atoms with Gasteiger partial charge in [0.2, 0.25) is 5.95 Å². The molecule has 4 N–H and O–H groups in total. The van der Waals surface area contributed by atoms with Crippen LogP contribution in [0.15, 0.2) is 30.5 Å². The molecular formula is C23H30ClN5O2Si. The van der Waals surface area contributed by atoms with Crippen LogP contribution in [0.3, 0.4) is 0 Å². The predicted octanol–water partition coefficient (Wildman–Crippen LogP) is 4.88. The van der Waals surface area contributed by atoms with E-state index in [1.54, 1.807) is 12.3 Å². The quantitative estimate of drug-likeness (QED) is 0.359. The zero-order valence-electron chi connectivity index (χ0n) is 19.2. The number of hydrogen-bond donors (Lipinski definition) is 2. The zero-order valence-corrected chi connectivity index (χ0v) is 21.0. The monoisotopic (exact) mass is 471 g/mol. The van der Waals surface area contributed by atoms with Gasteiger partial charge in [-0.3, -0.25) is 4.79 Å². The largest absolute Gasteiger partial charge is 0.368 e. The van der Waals surface area contributed by atoms with Crippen LogP contribution >= 0.6 is 11.6 Å². The van der Waals surface area contributed by atoms with Crippen LogP contribution < -0.4 is 11.5 Å². The molecule has 2 heterocycles. The minimum absolute atomic E-state index is 0.152. The van der Waals surface area contributed by atoms with Crippen molar-refractivity contribution in [1.82, 2.24) is 14.5 Å². The summed E-state index contributed by atoms with van der Waals surface area (Å²) in [4.78, 5) is 21.0. The highest BCUT2D eigenvalue weighted by Crippen LogP contribution is 2.36. The standard InChI is InChI=1S/C23H30ClN5O2Si/c1-14-6-7-16(24)10-17(14)21-18(22(25)30)11-19(20-15(2)12-27-23(26)28-20)29(21)13-31-8-9-32(3,4)5/h6-7,10-12H,8-9,13H2,1-5H3,(H2,25,30)(H2,26,27,28). The highest BCUT2D eigenvalue weighted by molar-refractivity contribution is 6.76. The van der Waals surface area contributed by atoms with Gasteiger partial charge in [-0.2, -0.15) is 0 Å². The Morgan fingerprint density at radius 1 is 1.19 bits per heavy atom. The lowest BCUT2D eigenvalue weighted by Crippen LogP contribution is -2.22. The van der Waals surface area contributed by atoms with Crippen molar-refractivity contribution >= 4 is 31.5 Å². The maximum atomic E-state index is 12.5. The number of aromatic nitrogens is 3. The lowest BCUT2D eigenvalue weighted by molar-refractivity contribution is 0.0893. The van der Waals surface area contributed by atoms with Crippen LogP contribution in [0.25, 0.3) is 22.6 Å². The van der Waals surface area contributed by atoms with Crippen molar-refractivity contribution in [3.05, 3.63) is 52.2 Å². The molecule has 9 heteroatoms. The first kappa shape index (κ1) is 24.0. The van der Waals surface area contributed by atoms with Gasteiger partial charge in [-0.05, 0) is 49.2 Å². The first-order chi connectivity index (χ1) is 15.0. The van der Waals surface area contributed by atoms with Gasteiger partial charge in [0.15, 0.2) is 0 Å². The van der Waals surface area contributed by atoms with Crippen molar-refractivity contribution in [3.8, 4) is 22.6 Å². The second kappa shape index (κ2) is 9.44. The van der Waals surface area contributed by atoms with Gasteiger partial charge < -0.3 is 20.8 Å². The van der Waals surface area contributed by atoms with E-state index in [0.717, 1.165) is 22.7 Å². The number of aryl methyl sites for hydroxylation is 2. The number of carbonyl (C=O) groups excluding carboxylic acids is 1. The molecule has 0 fully saturated rings. The number of carbonyl (C=O) groups is 1. The number of amides is 1. The second-order valence-electron chi connectivity index (χ2n) is 9.15. The van der Waals surface area contributed by atoms with Crippen molar-refractivity contribution in [2.24, 2.45) is 5.73 Å². The Balaban J connectivity index is 2.21. The summed E-state index contributed by atoms with van der Waals surface area (Å²) >= 11 is 6.31. The number of rotatable bonds is 8. The summed E-state index contributed by atoms with van der Waals surface area (Å²) in [5, 5.41) is 0.567. The van der Waals surface area contributed by atoms with Crippen LogP contribution in [0.2, 0.25) is 30.7 Å². The maximum absolute atomic E-state index is 12.5. The van der Waals surface area contributed by atoms with Gasteiger partial charge >= 0.3 is 0 Å². The number of nitrogens with zero attached hydrogens (tertiary/aromatic N) is 3. The number of anilines is 1. The molecule has 3 rings (SSSR count). The Bertz CT molecular complexity index is 1150. The van der Waals surface area contributed by atoms with Crippen molar-refractivity contribution in [2.75, 3.05) is 12.3 Å². The third-order valence-electron chi connectivity index (χ3n) is 5.27.